The molecule has 5 heteroatoms. The highest BCUT2D eigenvalue weighted by Crippen LogP contribution is 2.44. The zero-order chi connectivity index (χ0) is 16.2. The number of thiophene rings is 1. The fraction of sp³-hybridized carbons (Fsp3) is 0.722. The first-order chi connectivity index (χ1) is 11.1. The number of hydrogen-bond donors (Lipinski definition) is 1. The normalized spacial score (nSPS) is 26.0. The Kier molecular flexibility index (Phi) is 5.94. The third-order valence-corrected chi connectivity index (χ3v) is 6.53. The van der Waals surface area contributed by atoms with E-state index < -0.39 is 0 Å². The number of hydrogen-bond acceptors (Lipinski definition) is 3. The van der Waals surface area contributed by atoms with E-state index >= 15 is 0 Å². The van der Waals surface area contributed by atoms with Gasteiger partial charge in [-0.2, -0.15) is 0 Å². The third-order valence-electron chi connectivity index (χ3n) is 5.29. The van der Waals surface area contributed by atoms with Crippen LogP contribution in [-0.2, 0) is 6.54 Å². The predicted molar refractivity (Wildman–Crippen MR) is 103 cm³/mol. The Morgan fingerprint density at radius 1 is 1.30 bits per heavy atom. The molecule has 2 saturated carbocycles. The van der Waals surface area contributed by atoms with Crippen molar-refractivity contribution < 1.29 is 0 Å². The van der Waals surface area contributed by atoms with Crippen molar-refractivity contribution in [2.75, 3.05) is 27.2 Å². The molecule has 0 saturated heterocycles. The van der Waals surface area contributed by atoms with Crippen LogP contribution >= 0.6 is 23.6 Å². The number of nitrogens with zero attached hydrogens (tertiary/aromatic N) is 2. The molecule has 2 bridgehead atoms. The lowest BCUT2D eigenvalue weighted by molar-refractivity contribution is 0.328. The minimum absolute atomic E-state index is 0.626. The van der Waals surface area contributed by atoms with Crippen LogP contribution in [0.5, 0.6) is 0 Å². The van der Waals surface area contributed by atoms with Gasteiger partial charge >= 0.3 is 0 Å². The van der Waals surface area contributed by atoms with E-state index in [1.165, 1.54) is 30.6 Å². The summed E-state index contributed by atoms with van der Waals surface area (Å²) >= 11 is 7.61. The topological polar surface area (TPSA) is 18.5 Å². The molecule has 2 aliphatic rings. The molecule has 2 aliphatic carbocycles. The van der Waals surface area contributed by atoms with Crippen molar-refractivity contribution in [3.8, 4) is 0 Å². The molecular formula is C18H29N3S2. The molecule has 1 heterocycles. The lowest BCUT2D eigenvalue weighted by atomic mass is 9.95. The lowest BCUT2D eigenvalue weighted by Gasteiger charge is -2.31. The van der Waals surface area contributed by atoms with E-state index in [1.54, 1.807) is 0 Å². The fourth-order valence-electron chi connectivity index (χ4n) is 4.09. The Bertz CT molecular complexity index is 500. The van der Waals surface area contributed by atoms with Gasteiger partial charge in [0, 0.05) is 17.5 Å². The van der Waals surface area contributed by atoms with Gasteiger partial charge in [-0.05, 0) is 81.8 Å². The Balaban J connectivity index is 1.55. The van der Waals surface area contributed by atoms with Gasteiger partial charge in [0.05, 0.1) is 6.54 Å². The largest absolute Gasteiger partial charge is 0.360 e. The predicted octanol–water partition coefficient (Wildman–Crippen LogP) is 3.56. The maximum atomic E-state index is 5.79. The summed E-state index contributed by atoms with van der Waals surface area (Å²) in [5, 5.41) is 6.83. The van der Waals surface area contributed by atoms with Crippen LogP contribution in [0.4, 0.5) is 0 Å². The van der Waals surface area contributed by atoms with Gasteiger partial charge < -0.3 is 15.1 Å². The molecule has 0 amide bonds. The SMILES string of the molecule is CN(C)CCCN(Cc1cccs1)C(=S)NC1CC2CCC1C2. The summed E-state index contributed by atoms with van der Waals surface area (Å²) in [4.78, 5) is 6.01. The van der Waals surface area contributed by atoms with Crippen molar-refractivity contribution >= 4 is 28.7 Å². The smallest absolute Gasteiger partial charge is 0.169 e. The van der Waals surface area contributed by atoms with Gasteiger partial charge in [0.1, 0.15) is 0 Å². The van der Waals surface area contributed by atoms with Crippen molar-refractivity contribution in [1.29, 1.82) is 0 Å². The summed E-state index contributed by atoms with van der Waals surface area (Å²) in [6, 6.07) is 4.97. The third kappa shape index (κ3) is 4.68. The van der Waals surface area contributed by atoms with Crippen LogP contribution < -0.4 is 5.32 Å². The number of thiocarbonyl (C=S) groups is 1. The van der Waals surface area contributed by atoms with Crippen LogP contribution in [0.25, 0.3) is 0 Å². The van der Waals surface area contributed by atoms with Crippen LogP contribution in [0.3, 0.4) is 0 Å². The summed E-state index contributed by atoms with van der Waals surface area (Å²) in [5.74, 6) is 1.82. The zero-order valence-electron chi connectivity index (χ0n) is 14.3. The molecule has 0 aromatic carbocycles. The van der Waals surface area contributed by atoms with E-state index in [4.69, 9.17) is 12.2 Å². The average Bonchev–Trinajstić information content (AvgIpc) is 3.23. The van der Waals surface area contributed by atoms with Gasteiger partial charge in [-0.1, -0.05) is 12.5 Å². The van der Waals surface area contributed by atoms with Gasteiger partial charge in [0.15, 0.2) is 5.11 Å². The van der Waals surface area contributed by atoms with Gasteiger partial charge in [-0.15, -0.1) is 11.3 Å². The van der Waals surface area contributed by atoms with Gasteiger partial charge in [0.2, 0.25) is 0 Å². The summed E-state index contributed by atoms with van der Waals surface area (Å²) in [6.07, 6.45) is 6.74. The fourth-order valence-corrected chi connectivity index (χ4v) is 5.12. The summed E-state index contributed by atoms with van der Waals surface area (Å²) in [7, 11) is 4.27. The Morgan fingerprint density at radius 2 is 2.17 bits per heavy atom. The van der Waals surface area contributed by atoms with E-state index in [2.05, 4.69) is 46.7 Å². The molecule has 0 spiro atoms. The van der Waals surface area contributed by atoms with E-state index in [1.807, 2.05) is 11.3 Å². The van der Waals surface area contributed by atoms with Crippen molar-refractivity contribution in [3.05, 3.63) is 22.4 Å². The first-order valence-corrected chi connectivity index (χ1v) is 10.1. The van der Waals surface area contributed by atoms with Crippen molar-refractivity contribution in [2.24, 2.45) is 11.8 Å². The minimum atomic E-state index is 0.626. The Morgan fingerprint density at radius 3 is 2.78 bits per heavy atom. The second-order valence-electron chi connectivity index (χ2n) is 7.39. The molecule has 3 rings (SSSR count). The number of nitrogens with one attached hydrogen (secondary N) is 1. The Labute approximate surface area is 150 Å². The Hall–Kier alpha value is -0.650. The van der Waals surface area contributed by atoms with Crippen molar-refractivity contribution in [3.63, 3.8) is 0 Å². The van der Waals surface area contributed by atoms with Gasteiger partial charge in [0.25, 0.3) is 0 Å². The van der Waals surface area contributed by atoms with Crippen LogP contribution in [0.2, 0.25) is 0 Å². The highest BCUT2D eigenvalue weighted by atomic mass is 32.1. The zero-order valence-corrected chi connectivity index (χ0v) is 16.0. The molecule has 0 radical (unpaired) electrons. The molecule has 3 unspecified atom stereocenters. The highest BCUT2D eigenvalue weighted by Gasteiger charge is 2.40. The average molecular weight is 352 g/mol. The molecule has 1 aromatic heterocycles. The van der Waals surface area contributed by atoms with Crippen LogP contribution in [0, 0.1) is 11.8 Å². The lowest BCUT2D eigenvalue weighted by Crippen LogP contribution is -2.46. The molecule has 3 atom stereocenters. The van der Waals surface area contributed by atoms with E-state index in [9.17, 15) is 0 Å². The van der Waals surface area contributed by atoms with Crippen LogP contribution in [0.1, 0.15) is 37.0 Å². The summed E-state index contributed by atoms with van der Waals surface area (Å²) in [5.41, 5.74) is 0. The van der Waals surface area contributed by atoms with Crippen LogP contribution in [-0.4, -0.2) is 48.1 Å². The monoisotopic (exact) mass is 351 g/mol. The van der Waals surface area contributed by atoms with Crippen LogP contribution in [0.15, 0.2) is 17.5 Å². The molecule has 1 N–H and O–H groups in total. The van der Waals surface area contributed by atoms with E-state index in [0.717, 1.165) is 43.0 Å². The number of fused-ring (bicyclic) bond motifs is 2. The molecule has 1 aromatic rings. The molecule has 0 aliphatic heterocycles. The quantitative estimate of drug-likeness (QED) is 0.757. The first-order valence-electron chi connectivity index (χ1n) is 8.84. The number of rotatable bonds is 7. The minimum Gasteiger partial charge on any atom is -0.360 e. The second kappa shape index (κ2) is 7.95. The molecule has 128 valence electrons. The van der Waals surface area contributed by atoms with E-state index in [-0.39, 0.29) is 0 Å². The maximum Gasteiger partial charge on any atom is 0.169 e. The van der Waals surface area contributed by atoms with Gasteiger partial charge in [-0.25, -0.2) is 0 Å². The second-order valence-corrected chi connectivity index (χ2v) is 8.81. The van der Waals surface area contributed by atoms with E-state index in [0.29, 0.717) is 6.04 Å². The summed E-state index contributed by atoms with van der Waals surface area (Å²) < 4.78 is 0. The molecule has 2 fully saturated rings. The first kappa shape index (κ1) is 17.2. The maximum absolute atomic E-state index is 5.79. The van der Waals surface area contributed by atoms with Crippen molar-refractivity contribution in [1.82, 2.24) is 15.1 Å². The standard InChI is InChI=1S/C18H29N3S2/c1-20(2)8-4-9-21(13-16-5-3-10-23-16)18(22)19-17-12-14-6-7-15(17)11-14/h3,5,10,14-15,17H,4,6-9,11-13H2,1-2H3,(H,19,22). The molecule has 3 nitrogen and oxygen atoms in total. The summed E-state index contributed by atoms with van der Waals surface area (Å²) in [6.45, 7) is 3.08. The van der Waals surface area contributed by atoms with Gasteiger partial charge in [-0.3, -0.25) is 0 Å². The van der Waals surface area contributed by atoms with Crippen molar-refractivity contribution in [2.45, 2.75) is 44.7 Å². The molecule has 23 heavy (non-hydrogen) atoms. The highest BCUT2D eigenvalue weighted by molar-refractivity contribution is 7.80. The molecular weight excluding hydrogens is 322 g/mol.